The number of aromatic nitrogens is 2. The zero-order valence-electron chi connectivity index (χ0n) is 17.1. The van der Waals surface area contributed by atoms with Gasteiger partial charge >= 0.3 is 0 Å². The molecule has 1 saturated heterocycles. The van der Waals surface area contributed by atoms with E-state index >= 15 is 0 Å². The summed E-state index contributed by atoms with van der Waals surface area (Å²) >= 11 is 0. The number of rotatable bonds is 5. The number of anilines is 2. The van der Waals surface area contributed by atoms with Crippen molar-refractivity contribution in [2.75, 3.05) is 36.9 Å². The lowest BCUT2D eigenvalue weighted by atomic mass is 10.0. The Morgan fingerprint density at radius 2 is 1.75 bits per heavy atom. The molecule has 0 saturated carbocycles. The topological polar surface area (TPSA) is 84.6 Å². The average molecular weight is 383 g/mol. The molecule has 0 atom stereocenters. The van der Waals surface area contributed by atoms with E-state index in [1.165, 1.54) is 0 Å². The van der Waals surface area contributed by atoms with Crippen LogP contribution in [0.1, 0.15) is 38.1 Å². The van der Waals surface area contributed by atoms with Crippen LogP contribution in [0.25, 0.3) is 11.3 Å². The Balaban J connectivity index is 2.03. The number of hydrogen-bond donors (Lipinski definition) is 1. The van der Waals surface area contributed by atoms with E-state index in [4.69, 9.17) is 10.5 Å². The number of nitrogens with zero attached hydrogens (tertiary/aromatic N) is 4. The number of nitrogen functional groups attached to an aromatic ring is 1. The van der Waals surface area contributed by atoms with Gasteiger partial charge in [-0.15, -0.1) is 0 Å². The molecule has 0 radical (unpaired) electrons. The van der Waals surface area contributed by atoms with Crippen LogP contribution in [0.15, 0.2) is 30.3 Å². The molecule has 3 rings (SSSR count). The molecular weight excluding hydrogens is 354 g/mol. The van der Waals surface area contributed by atoms with E-state index in [-0.39, 0.29) is 23.9 Å². The van der Waals surface area contributed by atoms with Crippen molar-refractivity contribution in [3.8, 4) is 11.3 Å². The molecule has 2 aromatic rings. The zero-order chi connectivity index (χ0) is 20.3. The number of carbonyl (C=O) groups is 1. The van der Waals surface area contributed by atoms with Gasteiger partial charge in [-0.2, -0.15) is 4.98 Å². The molecule has 28 heavy (non-hydrogen) atoms. The van der Waals surface area contributed by atoms with Gasteiger partial charge in [0.15, 0.2) is 0 Å². The van der Waals surface area contributed by atoms with Crippen molar-refractivity contribution in [2.45, 2.75) is 39.8 Å². The van der Waals surface area contributed by atoms with Gasteiger partial charge in [0.1, 0.15) is 5.82 Å². The summed E-state index contributed by atoms with van der Waals surface area (Å²) in [7, 11) is 0. The van der Waals surface area contributed by atoms with E-state index in [9.17, 15) is 4.79 Å². The SMILES string of the molecule is CC(C)N(C(=O)c1ccccc1-c1cc(N2CCOCC2)nc(N)n1)C(C)C. The predicted octanol–water partition coefficient (Wildman–Crippen LogP) is 2.82. The Morgan fingerprint density at radius 1 is 1.11 bits per heavy atom. The molecule has 1 aromatic carbocycles. The molecule has 1 aliphatic heterocycles. The molecule has 2 N–H and O–H groups in total. The van der Waals surface area contributed by atoms with E-state index in [1.807, 2.05) is 62.9 Å². The largest absolute Gasteiger partial charge is 0.378 e. The van der Waals surface area contributed by atoms with Gasteiger partial charge in [-0.05, 0) is 33.8 Å². The minimum Gasteiger partial charge on any atom is -0.378 e. The van der Waals surface area contributed by atoms with Crippen molar-refractivity contribution >= 4 is 17.7 Å². The molecule has 0 aliphatic carbocycles. The predicted molar refractivity (Wildman–Crippen MR) is 111 cm³/mol. The summed E-state index contributed by atoms with van der Waals surface area (Å²) < 4.78 is 5.42. The summed E-state index contributed by atoms with van der Waals surface area (Å²) in [5.41, 5.74) is 8.06. The number of benzene rings is 1. The second-order valence-electron chi connectivity index (χ2n) is 7.51. The van der Waals surface area contributed by atoms with E-state index < -0.39 is 0 Å². The van der Waals surface area contributed by atoms with Crippen LogP contribution in [-0.4, -0.2) is 59.2 Å². The summed E-state index contributed by atoms with van der Waals surface area (Å²) in [6.45, 7) is 10.9. The first-order valence-electron chi connectivity index (χ1n) is 9.77. The molecule has 1 aromatic heterocycles. The lowest BCUT2D eigenvalue weighted by molar-refractivity contribution is 0.0644. The zero-order valence-corrected chi connectivity index (χ0v) is 17.1. The summed E-state index contributed by atoms with van der Waals surface area (Å²) in [5, 5.41) is 0. The van der Waals surface area contributed by atoms with Crippen LogP contribution < -0.4 is 10.6 Å². The maximum absolute atomic E-state index is 13.3. The number of nitrogens with two attached hydrogens (primary N) is 1. The summed E-state index contributed by atoms with van der Waals surface area (Å²) in [4.78, 5) is 26.1. The van der Waals surface area contributed by atoms with Gasteiger partial charge < -0.3 is 20.3 Å². The summed E-state index contributed by atoms with van der Waals surface area (Å²) in [6.07, 6.45) is 0. The average Bonchev–Trinajstić information content (AvgIpc) is 2.67. The van der Waals surface area contributed by atoms with Gasteiger partial charge in [0.05, 0.1) is 18.9 Å². The van der Waals surface area contributed by atoms with Gasteiger partial charge in [0.2, 0.25) is 5.95 Å². The van der Waals surface area contributed by atoms with E-state index in [0.717, 1.165) is 24.5 Å². The second kappa shape index (κ2) is 8.56. The molecule has 1 fully saturated rings. The lowest BCUT2D eigenvalue weighted by Gasteiger charge is -2.31. The maximum Gasteiger partial charge on any atom is 0.255 e. The van der Waals surface area contributed by atoms with Gasteiger partial charge in [-0.25, -0.2) is 4.98 Å². The first kappa shape index (κ1) is 20.1. The highest BCUT2D eigenvalue weighted by molar-refractivity contribution is 6.01. The van der Waals surface area contributed by atoms with Crippen LogP contribution in [0, 0.1) is 0 Å². The molecule has 1 amide bonds. The Kier molecular flexibility index (Phi) is 6.14. The van der Waals surface area contributed by atoms with Gasteiger partial charge in [-0.3, -0.25) is 4.79 Å². The minimum absolute atomic E-state index is 0.00861. The van der Waals surface area contributed by atoms with Crippen LogP contribution in [0.2, 0.25) is 0 Å². The summed E-state index contributed by atoms with van der Waals surface area (Å²) in [5.74, 6) is 0.953. The first-order chi connectivity index (χ1) is 13.4. The number of carbonyl (C=O) groups excluding carboxylic acids is 1. The third-order valence-electron chi connectivity index (χ3n) is 4.85. The molecule has 2 heterocycles. The molecular formula is C21H29N5O2. The van der Waals surface area contributed by atoms with Gasteiger partial charge in [0, 0.05) is 42.4 Å². The van der Waals surface area contributed by atoms with Crippen LogP contribution in [0.3, 0.4) is 0 Å². The molecule has 150 valence electrons. The van der Waals surface area contributed by atoms with E-state index in [0.29, 0.717) is 24.5 Å². The van der Waals surface area contributed by atoms with Crippen molar-refractivity contribution in [1.82, 2.24) is 14.9 Å². The standard InChI is InChI=1S/C21H29N5O2/c1-14(2)26(15(3)4)20(27)17-8-6-5-7-16(17)18-13-19(24-21(22)23-18)25-9-11-28-12-10-25/h5-8,13-15H,9-12H2,1-4H3,(H2,22,23,24). The van der Waals surface area contributed by atoms with Gasteiger partial charge in [-0.1, -0.05) is 18.2 Å². The lowest BCUT2D eigenvalue weighted by Crippen LogP contribution is -2.42. The fourth-order valence-corrected chi connectivity index (χ4v) is 3.64. The van der Waals surface area contributed by atoms with Gasteiger partial charge in [0.25, 0.3) is 5.91 Å². The molecule has 0 spiro atoms. The van der Waals surface area contributed by atoms with Crippen molar-refractivity contribution in [3.63, 3.8) is 0 Å². The molecule has 0 bridgehead atoms. The van der Waals surface area contributed by atoms with Crippen molar-refractivity contribution in [3.05, 3.63) is 35.9 Å². The Labute approximate surface area is 166 Å². The Hall–Kier alpha value is -2.67. The highest BCUT2D eigenvalue weighted by Crippen LogP contribution is 2.28. The van der Waals surface area contributed by atoms with Crippen LogP contribution in [0.5, 0.6) is 0 Å². The fraction of sp³-hybridized carbons (Fsp3) is 0.476. The highest BCUT2D eigenvalue weighted by Gasteiger charge is 2.25. The third kappa shape index (κ3) is 4.25. The molecule has 7 nitrogen and oxygen atoms in total. The number of hydrogen-bond acceptors (Lipinski definition) is 6. The monoisotopic (exact) mass is 383 g/mol. The second-order valence-corrected chi connectivity index (χ2v) is 7.51. The Morgan fingerprint density at radius 3 is 2.39 bits per heavy atom. The smallest absolute Gasteiger partial charge is 0.255 e. The van der Waals surface area contributed by atoms with Crippen LogP contribution >= 0.6 is 0 Å². The normalized spacial score (nSPS) is 14.6. The number of morpholine rings is 1. The van der Waals surface area contributed by atoms with Crippen LogP contribution in [0.4, 0.5) is 11.8 Å². The first-order valence-corrected chi connectivity index (χ1v) is 9.77. The quantitative estimate of drug-likeness (QED) is 0.855. The van der Waals surface area contributed by atoms with E-state index in [2.05, 4.69) is 14.9 Å². The van der Waals surface area contributed by atoms with Crippen molar-refractivity contribution in [2.24, 2.45) is 0 Å². The fourth-order valence-electron chi connectivity index (χ4n) is 3.64. The maximum atomic E-state index is 13.3. The third-order valence-corrected chi connectivity index (χ3v) is 4.85. The van der Waals surface area contributed by atoms with Crippen molar-refractivity contribution in [1.29, 1.82) is 0 Å². The number of amides is 1. The Bertz CT molecular complexity index is 823. The molecule has 0 unspecified atom stereocenters. The number of ether oxygens (including phenoxy) is 1. The van der Waals surface area contributed by atoms with Crippen LogP contribution in [-0.2, 0) is 4.74 Å². The molecule has 7 heteroatoms. The highest BCUT2D eigenvalue weighted by atomic mass is 16.5. The van der Waals surface area contributed by atoms with E-state index in [1.54, 1.807) is 0 Å². The van der Waals surface area contributed by atoms with Crippen molar-refractivity contribution < 1.29 is 9.53 Å². The summed E-state index contributed by atoms with van der Waals surface area (Å²) in [6, 6.07) is 9.65. The minimum atomic E-state index is -0.00861. The molecule has 1 aliphatic rings.